The van der Waals surface area contributed by atoms with E-state index in [4.69, 9.17) is 4.74 Å². The fourth-order valence-electron chi connectivity index (χ4n) is 5.22. The van der Waals surface area contributed by atoms with Crippen molar-refractivity contribution in [3.05, 3.63) is 65.2 Å². The van der Waals surface area contributed by atoms with E-state index >= 15 is 0 Å². The second-order valence-corrected chi connectivity index (χ2v) is 11.1. The quantitative estimate of drug-likeness (QED) is 0.487. The maximum absolute atomic E-state index is 13.6. The third-order valence-electron chi connectivity index (χ3n) is 7.22. The summed E-state index contributed by atoms with van der Waals surface area (Å²) < 4.78 is 46.4. The first-order valence-corrected chi connectivity index (χ1v) is 13.2. The van der Waals surface area contributed by atoms with Gasteiger partial charge in [-0.15, -0.1) is 0 Å². The molecule has 202 valence electrons. The van der Waals surface area contributed by atoms with Crippen molar-refractivity contribution in [2.45, 2.75) is 76.7 Å². The van der Waals surface area contributed by atoms with Crippen molar-refractivity contribution in [2.24, 2.45) is 0 Å². The number of nitrogens with one attached hydrogen (secondary N) is 1. The largest absolute Gasteiger partial charge is 0.444 e. The Bertz CT molecular complexity index is 1040. The third kappa shape index (κ3) is 7.40. The van der Waals surface area contributed by atoms with Crippen LogP contribution in [0.3, 0.4) is 0 Å². The summed E-state index contributed by atoms with van der Waals surface area (Å²) in [4.78, 5) is 16.3. The van der Waals surface area contributed by atoms with Crippen molar-refractivity contribution in [1.29, 1.82) is 0 Å². The number of rotatable bonds is 5. The lowest BCUT2D eigenvalue weighted by Gasteiger charge is -2.38. The standard InChI is InChI=1S/C29H38F3N3O2/c1-28(2,3)37-27(36)35-15-11-22(12-16-35)25-10-9-23(29(30,31)32)19-26(25)34-17-13-24(14-18-34)33-20-21-7-5-4-6-8-21/h4-10,19,22,24,33H,11-18,20H2,1-3H3. The molecule has 2 heterocycles. The molecule has 2 aromatic rings. The monoisotopic (exact) mass is 517 g/mol. The summed E-state index contributed by atoms with van der Waals surface area (Å²) in [5.41, 5.74) is 1.69. The highest BCUT2D eigenvalue weighted by atomic mass is 19.4. The Kier molecular flexibility index (Phi) is 8.36. The van der Waals surface area contributed by atoms with Gasteiger partial charge in [0.25, 0.3) is 0 Å². The van der Waals surface area contributed by atoms with Crippen molar-refractivity contribution in [3.8, 4) is 0 Å². The molecule has 0 aromatic heterocycles. The average molecular weight is 518 g/mol. The first kappa shape index (κ1) is 27.3. The van der Waals surface area contributed by atoms with Gasteiger partial charge in [-0.2, -0.15) is 13.2 Å². The number of hydrogen-bond acceptors (Lipinski definition) is 4. The molecule has 0 atom stereocenters. The smallest absolute Gasteiger partial charge is 0.416 e. The molecular formula is C29H38F3N3O2. The fraction of sp³-hybridized carbons (Fsp3) is 0.552. The maximum atomic E-state index is 13.6. The number of halogens is 3. The van der Waals surface area contributed by atoms with E-state index in [0.717, 1.165) is 24.9 Å². The van der Waals surface area contributed by atoms with Crippen LogP contribution in [0.25, 0.3) is 0 Å². The van der Waals surface area contributed by atoms with Gasteiger partial charge in [-0.1, -0.05) is 36.4 Å². The van der Waals surface area contributed by atoms with Gasteiger partial charge in [0.15, 0.2) is 0 Å². The minimum atomic E-state index is -4.39. The normalized spacial score (nSPS) is 18.2. The van der Waals surface area contributed by atoms with E-state index in [-0.39, 0.29) is 12.0 Å². The van der Waals surface area contributed by atoms with Crippen LogP contribution in [-0.2, 0) is 17.5 Å². The second kappa shape index (κ2) is 11.3. The van der Waals surface area contributed by atoms with E-state index in [2.05, 4.69) is 22.3 Å². The molecule has 0 aliphatic carbocycles. The maximum Gasteiger partial charge on any atom is 0.416 e. The molecule has 2 aromatic carbocycles. The van der Waals surface area contributed by atoms with Gasteiger partial charge < -0.3 is 19.9 Å². The molecule has 2 aliphatic rings. The van der Waals surface area contributed by atoms with E-state index in [0.29, 0.717) is 50.7 Å². The van der Waals surface area contributed by atoms with Gasteiger partial charge in [-0.3, -0.25) is 0 Å². The molecule has 0 saturated carbocycles. The predicted octanol–water partition coefficient (Wildman–Crippen LogP) is 6.58. The number of amides is 1. The molecule has 0 unspecified atom stereocenters. The van der Waals surface area contributed by atoms with Crippen molar-refractivity contribution in [3.63, 3.8) is 0 Å². The van der Waals surface area contributed by atoms with Gasteiger partial charge >= 0.3 is 12.3 Å². The molecule has 37 heavy (non-hydrogen) atoms. The molecule has 2 fully saturated rings. The SMILES string of the molecule is CC(C)(C)OC(=O)N1CCC(c2ccc(C(F)(F)F)cc2N2CCC(NCc3ccccc3)CC2)CC1. The predicted molar refractivity (Wildman–Crippen MR) is 140 cm³/mol. The Morgan fingerprint density at radius 2 is 1.59 bits per heavy atom. The number of ether oxygens (including phenoxy) is 1. The summed E-state index contributed by atoms with van der Waals surface area (Å²) in [5, 5.41) is 3.60. The summed E-state index contributed by atoms with van der Waals surface area (Å²) in [6.45, 7) is 8.79. The minimum absolute atomic E-state index is 0.102. The summed E-state index contributed by atoms with van der Waals surface area (Å²) in [5.74, 6) is 0.102. The molecular weight excluding hydrogens is 479 g/mol. The van der Waals surface area contributed by atoms with E-state index in [1.54, 1.807) is 11.0 Å². The zero-order valence-corrected chi connectivity index (χ0v) is 22.0. The van der Waals surface area contributed by atoms with Gasteiger partial charge in [0.1, 0.15) is 5.60 Å². The number of carbonyl (C=O) groups is 1. The van der Waals surface area contributed by atoms with Crippen LogP contribution in [0.5, 0.6) is 0 Å². The third-order valence-corrected chi connectivity index (χ3v) is 7.22. The minimum Gasteiger partial charge on any atom is -0.444 e. The first-order valence-electron chi connectivity index (χ1n) is 13.2. The number of anilines is 1. The van der Waals surface area contributed by atoms with Crippen molar-refractivity contribution in [1.82, 2.24) is 10.2 Å². The van der Waals surface area contributed by atoms with E-state index in [1.165, 1.54) is 17.7 Å². The van der Waals surface area contributed by atoms with Crippen LogP contribution < -0.4 is 10.2 Å². The molecule has 4 rings (SSSR count). The van der Waals surface area contributed by atoms with Gasteiger partial charge in [-0.05, 0) is 75.6 Å². The van der Waals surface area contributed by atoms with Crippen LogP contribution in [0.2, 0.25) is 0 Å². The van der Waals surface area contributed by atoms with Crippen molar-refractivity contribution < 1.29 is 22.7 Å². The fourth-order valence-corrected chi connectivity index (χ4v) is 5.22. The highest BCUT2D eigenvalue weighted by molar-refractivity contribution is 5.68. The number of alkyl halides is 3. The van der Waals surface area contributed by atoms with Crippen LogP contribution in [0.1, 0.15) is 69.1 Å². The lowest BCUT2D eigenvalue weighted by molar-refractivity contribution is -0.137. The number of likely N-dealkylation sites (tertiary alicyclic amines) is 1. The molecule has 8 heteroatoms. The zero-order valence-electron chi connectivity index (χ0n) is 22.0. The molecule has 1 amide bonds. The van der Waals surface area contributed by atoms with Crippen molar-refractivity contribution in [2.75, 3.05) is 31.1 Å². The van der Waals surface area contributed by atoms with Crippen LogP contribution in [-0.4, -0.2) is 48.8 Å². The van der Waals surface area contributed by atoms with Gasteiger partial charge in [0, 0.05) is 44.5 Å². The Morgan fingerprint density at radius 3 is 2.19 bits per heavy atom. The van der Waals surface area contributed by atoms with Crippen LogP contribution in [0.15, 0.2) is 48.5 Å². The second-order valence-electron chi connectivity index (χ2n) is 11.1. The number of carbonyl (C=O) groups excluding carboxylic acids is 1. The molecule has 0 spiro atoms. The van der Waals surface area contributed by atoms with Gasteiger partial charge in [0.05, 0.1) is 5.56 Å². The Hall–Kier alpha value is -2.74. The molecule has 2 aliphatic heterocycles. The average Bonchev–Trinajstić information content (AvgIpc) is 2.87. The Morgan fingerprint density at radius 1 is 0.946 bits per heavy atom. The van der Waals surface area contributed by atoms with Gasteiger partial charge in [0.2, 0.25) is 0 Å². The van der Waals surface area contributed by atoms with Crippen LogP contribution in [0, 0.1) is 0 Å². The molecule has 0 radical (unpaired) electrons. The highest BCUT2D eigenvalue weighted by Gasteiger charge is 2.34. The zero-order chi connectivity index (χ0) is 26.6. The van der Waals surface area contributed by atoms with Gasteiger partial charge in [-0.25, -0.2) is 4.79 Å². The lowest BCUT2D eigenvalue weighted by Crippen LogP contribution is -2.43. The number of piperidine rings is 2. The molecule has 1 N–H and O–H groups in total. The summed E-state index contributed by atoms with van der Waals surface area (Å²) in [7, 11) is 0. The summed E-state index contributed by atoms with van der Waals surface area (Å²) in [6, 6.07) is 14.7. The van der Waals surface area contributed by atoms with E-state index in [1.807, 2.05) is 39.0 Å². The Labute approximate surface area is 218 Å². The number of benzene rings is 2. The summed E-state index contributed by atoms with van der Waals surface area (Å²) in [6.07, 6.45) is -1.56. The number of nitrogens with zero attached hydrogens (tertiary/aromatic N) is 2. The first-order chi connectivity index (χ1) is 17.5. The highest BCUT2D eigenvalue weighted by Crippen LogP contribution is 2.40. The van der Waals surface area contributed by atoms with E-state index < -0.39 is 17.3 Å². The topological polar surface area (TPSA) is 44.8 Å². The molecule has 5 nitrogen and oxygen atoms in total. The van der Waals surface area contributed by atoms with E-state index in [9.17, 15) is 18.0 Å². The number of hydrogen-bond donors (Lipinski definition) is 1. The molecule has 2 saturated heterocycles. The van der Waals surface area contributed by atoms with Crippen LogP contribution >= 0.6 is 0 Å². The molecule has 0 bridgehead atoms. The lowest BCUT2D eigenvalue weighted by atomic mass is 9.87. The Balaban J connectivity index is 1.43. The van der Waals surface area contributed by atoms with Crippen LogP contribution in [0.4, 0.5) is 23.7 Å². The van der Waals surface area contributed by atoms with Crippen molar-refractivity contribution >= 4 is 11.8 Å². The summed E-state index contributed by atoms with van der Waals surface area (Å²) >= 11 is 0.